The minimum atomic E-state index is -0.219. The molecule has 2 heterocycles. The normalized spacial score (nSPS) is 22.4. The molecule has 1 aromatic carbocycles. The van der Waals surface area contributed by atoms with E-state index in [0.29, 0.717) is 19.0 Å². The molecule has 0 saturated carbocycles. The Hall–Kier alpha value is -1.88. The second-order valence-electron chi connectivity index (χ2n) is 7.36. The highest BCUT2D eigenvalue weighted by atomic mass is 16.2. The lowest BCUT2D eigenvalue weighted by atomic mass is 10.0. The van der Waals surface area contributed by atoms with Crippen LogP contribution in [-0.4, -0.2) is 60.9 Å². The average molecular weight is 343 g/mol. The molecular formula is C20H29N3O2. The van der Waals surface area contributed by atoms with Gasteiger partial charge < -0.3 is 14.7 Å². The van der Waals surface area contributed by atoms with Crippen molar-refractivity contribution in [3.63, 3.8) is 0 Å². The quantitative estimate of drug-likeness (QED) is 0.842. The Labute approximate surface area is 150 Å². The van der Waals surface area contributed by atoms with Crippen LogP contribution in [-0.2, 0) is 9.59 Å². The summed E-state index contributed by atoms with van der Waals surface area (Å²) < 4.78 is 0. The Bertz CT molecular complexity index is 620. The summed E-state index contributed by atoms with van der Waals surface area (Å²) >= 11 is 0. The molecule has 2 saturated heterocycles. The summed E-state index contributed by atoms with van der Waals surface area (Å²) in [4.78, 5) is 31.4. The fourth-order valence-corrected chi connectivity index (χ4v) is 3.94. The highest BCUT2D eigenvalue weighted by molar-refractivity contribution is 6.00. The number of amides is 2. The second kappa shape index (κ2) is 7.56. The van der Waals surface area contributed by atoms with E-state index in [1.165, 1.54) is 5.56 Å². The largest absolute Gasteiger partial charge is 0.342 e. The maximum Gasteiger partial charge on any atom is 0.228 e. The maximum atomic E-state index is 12.9. The van der Waals surface area contributed by atoms with Crippen LogP contribution >= 0.6 is 0 Å². The summed E-state index contributed by atoms with van der Waals surface area (Å²) in [7, 11) is 1.91. The molecular weight excluding hydrogens is 314 g/mol. The van der Waals surface area contributed by atoms with Crippen molar-refractivity contribution < 1.29 is 9.59 Å². The fraction of sp³-hybridized carbons (Fsp3) is 0.600. The number of likely N-dealkylation sites (tertiary alicyclic amines) is 1. The number of carbonyl (C=O) groups is 2. The van der Waals surface area contributed by atoms with Crippen molar-refractivity contribution in [2.75, 3.05) is 38.1 Å². The van der Waals surface area contributed by atoms with Crippen molar-refractivity contribution in [3.8, 4) is 0 Å². The van der Waals surface area contributed by atoms with Crippen molar-refractivity contribution in [3.05, 3.63) is 29.8 Å². The molecule has 2 fully saturated rings. The zero-order valence-electron chi connectivity index (χ0n) is 15.6. The molecule has 0 radical (unpaired) electrons. The van der Waals surface area contributed by atoms with E-state index in [9.17, 15) is 9.59 Å². The van der Waals surface area contributed by atoms with Crippen LogP contribution < -0.4 is 4.90 Å². The molecule has 2 aliphatic rings. The first-order valence-electron chi connectivity index (χ1n) is 9.35. The van der Waals surface area contributed by atoms with Gasteiger partial charge in [-0.3, -0.25) is 9.59 Å². The van der Waals surface area contributed by atoms with Crippen molar-refractivity contribution in [1.82, 2.24) is 9.80 Å². The standard InChI is InChI=1S/C20H29N3O2/c1-4-22-11-9-17(10-12-22)21(3)20(25)16-13-19(24)23(14-16)18-7-5-15(2)6-8-18/h5-8,16-17H,4,9-14H2,1-3H3. The number of rotatable bonds is 4. The number of hydrogen-bond acceptors (Lipinski definition) is 3. The van der Waals surface area contributed by atoms with E-state index >= 15 is 0 Å². The Balaban J connectivity index is 1.61. The SMILES string of the molecule is CCN1CCC(N(C)C(=O)C2CC(=O)N(c3ccc(C)cc3)C2)CC1. The second-order valence-corrected chi connectivity index (χ2v) is 7.36. The molecule has 5 heteroatoms. The van der Waals surface area contributed by atoms with Gasteiger partial charge in [-0.25, -0.2) is 0 Å². The van der Waals surface area contributed by atoms with Crippen LogP contribution in [0.3, 0.4) is 0 Å². The van der Waals surface area contributed by atoms with E-state index in [4.69, 9.17) is 0 Å². The fourth-order valence-electron chi connectivity index (χ4n) is 3.94. The molecule has 2 amide bonds. The number of aryl methyl sites for hydroxylation is 1. The molecule has 0 spiro atoms. The molecule has 0 aliphatic carbocycles. The average Bonchev–Trinajstić information content (AvgIpc) is 3.03. The van der Waals surface area contributed by atoms with E-state index in [-0.39, 0.29) is 17.7 Å². The van der Waals surface area contributed by atoms with E-state index in [0.717, 1.165) is 38.2 Å². The molecule has 1 aromatic rings. The van der Waals surface area contributed by atoms with Crippen molar-refractivity contribution in [2.24, 2.45) is 5.92 Å². The summed E-state index contributed by atoms with van der Waals surface area (Å²) in [6.45, 7) is 7.89. The minimum absolute atomic E-state index is 0.0522. The summed E-state index contributed by atoms with van der Waals surface area (Å²) in [5.74, 6) is -0.0441. The van der Waals surface area contributed by atoms with Gasteiger partial charge in [0, 0.05) is 44.8 Å². The van der Waals surface area contributed by atoms with E-state index in [2.05, 4.69) is 11.8 Å². The molecule has 136 valence electrons. The Morgan fingerprint density at radius 2 is 1.84 bits per heavy atom. The number of carbonyl (C=O) groups excluding carboxylic acids is 2. The number of hydrogen-bond donors (Lipinski definition) is 0. The van der Waals surface area contributed by atoms with Crippen LogP contribution in [0.5, 0.6) is 0 Å². The smallest absolute Gasteiger partial charge is 0.228 e. The summed E-state index contributed by atoms with van der Waals surface area (Å²) in [6.07, 6.45) is 2.38. The van der Waals surface area contributed by atoms with Gasteiger partial charge in [-0.15, -0.1) is 0 Å². The monoisotopic (exact) mass is 343 g/mol. The lowest BCUT2D eigenvalue weighted by molar-refractivity contribution is -0.137. The third kappa shape index (κ3) is 3.87. The van der Waals surface area contributed by atoms with Crippen LogP contribution in [0.25, 0.3) is 0 Å². The summed E-state index contributed by atoms with van der Waals surface area (Å²) in [5, 5.41) is 0. The van der Waals surface area contributed by atoms with Gasteiger partial charge in [0.2, 0.25) is 11.8 Å². The molecule has 1 atom stereocenters. The van der Waals surface area contributed by atoms with Crippen LogP contribution in [0.15, 0.2) is 24.3 Å². The Morgan fingerprint density at radius 3 is 2.44 bits per heavy atom. The summed E-state index contributed by atoms with van der Waals surface area (Å²) in [6, 6.07) is 8.24. The van der Waals surface area contributed by atoms with Gasteiger partial charge in [0.25, 0.3) is 0 Å². The van der Waals surface area contributed by atoms with E-state index in [1.807, 2.05) is 43.1 Å². The van der Waals surface area contributed by atoms with Crippen LogP contribution in [0.1, 0.15) is 31.7 Å². The predicted molar refractivity (Wildman–Crippen MR) is 99.5 cm³/mol. The van der Waals surface area contributed by atoms with Gasteiger partial charge >= 0.3 is 0 Å². The molecule has 0 aromatic heterocycles. The highest BCUT2D eigenvalue weighted by Crippen LogP contribution is 2.27. The van der Waals surface area contributed by atoms with E-state index in [1.54, 1.807) is 4.90 Å². The Morgan fingerprint density at radius 1 is 1.20 bits per heavy atom. The van der Waals surface area contributed by atoms with Crippen molar-refractivity contribution in [2.45, 2.75) is 39.2 Å². The first kappa shape index (κ1) is 17.9. The number of benzene rings is 1. The topological polar surface area (TPSA) is 43.9 Å². The molecule has 3 rings (SSSR count). The number of piperidine rings is 1. The van der Waals surface area contributed by atoms with Gasteiger partial charge in [0.1, 0.15) is 0 Å². The highest BCUT2D eigenvalue weighted by Gasteiger charge is 2.38. The van der Waals surface area contributed by atoms with Gasteiger partial charge in [-0.2, -0.15) is 0 Å². The van der Waals surface area contributed by atoms with Gasteiger partial charge in [0.05, 0.1) is 5.92 Å². The predicted octanol–water partition coefficient (Wildman–Crippen LogP) is 2.29. The minimum Gasteiger partial charge on any atom is -0.342 e. The third-order valence-corrected chi connectivity index (χ3v) is 5.72. The maximum absolute atomic E-state index is 12.9. The van der Waals surface area contributed by atoms with Gasteiger partial charge in [-0.05, 0) is 38.4 Å². The molecule has 1 unspecified atom stereocenters. The van der Waals surface area contributed by atoms with Crippen molar-refractivity contribution in [1.29, 1.82) is 0 Å². The number of nitrogens with zero attached hydrogens (tertiary/aromatic N) is 3. The van der Waals surface area contributed by atoms with Gasteiger partial charge in [-0.1, -0.05) is 24.6 Å². The first-order chi connectivity index (χ1) is 12.0. The molecule has 5 nitrogen and oxygen atoms in total. The number of anilines is 1. The zero-order chi connectivity index (χ0) is 18.0. The molecule has 2 aliphatic heterocycles. The first-order valence-corrected chi connectivity index (χ1v) is 9.35. The summed E-state index contributed by atoms with van der Waals surface area (Å²) in [5.41, 5.74) is 2.06. The van der Waals surface area contributed by atoms with E-state index < -0.39 is 0 Å². The lowest BCUT2D eigenvalue weighted by Crippen LogP contribution is -2.47. The van der Waals surface area contributed by atoms with Crippen LogP contribution in [0.2, 0.25) is 0 Å². The molecule has 25 heavy (non-hydrogen) atoms. The lowest BCUT2D eigenvalue weighted by Gasteiger charge is -2.37. The van der Waals surface area contributed by atoms with Crippen molar-refractivity contribution >= 4 is 17.5 Å². The van der Waals surface area contributed by atoms with Crippen LogP contribution in [0.4, 0.5) is 5.69 Å². The third-order valence-electron chi connectivity index (χ3n) is 5.72. The zero-order valence-corrected chi connectivity index (χ0v) is 15.6. The Kier molecular flexibility index (Phi) is 5.42. The van der Waals surface area contributed by atoms with Gasteiger partial charge in [0.15, 0.2) is 0 Å². The van der Waals surface area contributed by atoms with Crippen LogP contribution in [0, 0.1) is 12.8 Å². The molecule has 0 bridgehead atoms. The molecule has 0 N–H and O–H groups in total.